The molecule has 7 nitrogen and oxygen atoms in total. The second kappa shape index (κ2) is 6.92. The summed E-state index contributed by atoms with van der Waals surface area (Å²) in [5, 5.41) is 7.50. The molecular weight excluding hydrogens is 402 g/mol. The van der Waals surface area contributed by atoms with Crippen molar-refractivity contribution >= 4 is 21.6 Å². The van der Waals surface area contributed by atoms with Crippen molar-refractivity contribution in [3.63, 3.8) is 0 Å². The van der Waals surface area contributed by atoms with E-state index in [1.165, 1.54) is 10.2 Å². The molecule has 0 bridgehead atoms. The predicted molar refractivity (Wildman–Crippen MR) is 100.0 cm³/mol. The average Bonchev–Trinajstić information content (AvgIpc) is 3.14. The van der Waals surface area contributed by atoms with Crippen LogP contribution < -0.4 is 20.3 Å². The van der Waals surface area contributed by atoms with Gasteiger partial charge in [0.25, 0.3) is 5.56 Å². The lowest BCUT2D eigenvalue weighted by Crippen LogP contribution is -2.40. The minimum atomic E-state index is -0.167. The topological polar surface area (TPSA) is 74.6 Å². The molecule has 26 heavy (non-hydrogen) atoms. The van der Waals surface area contributed by atoms with Gasteiger partial charge in [-0.25, -0.2) is 4.68 Å². The number of hydrogen-bond donors (Lipinski definition) is 1. The average molecular weight is 422 g/mol. The Morgan fingerprint density at radius 1 is 1.27 bits per heavy atom. The number of nitrogens with one attached hydrogen (secondary N) is 1. The van der Waals surface area contributed by atoms with Crippen LogP contribution in [0.1, 0.15) is 18.4 Å². The van der Waals surface area contributed by atoms with Crippen molar-refractivity contribution in [2.24, 2.45) is 7.05 Å². The molecule has 1 aromatic heterocycles. The van der Waals surface area contributed by atoms with Gasteiger partial charge >= 0.3 is 0 Å². The van der Waals surface area contributed by atoms with E-state index in [-0.39, 0.29) is 17.8 Å². The van der Waals surface area contributed by atoms with Gasteiger partial charge in [-0.1, -0.05) is 6.07 Å². The molecule has 0 amide bonds. The van der Waals surface area contributed by atoms with Gasteiger partial charge in [-0.15, -0.1) is 0 Å². The second-order valence-electron chi connectivity index (χ2n) is 6.62. The lowest BCUT2D eigenvalue weighted by molar-refractivity contribution is 0.0543. The number of halogens is 1. The minimum absolute atomic E-state index is 0.111. The summed E-state index contributed by atoms with van der Waals surface area (Å²) in [6.45, 7) is 2.33. The summed E-state index contributed by atoms with van der Waals surface area (Å²) >= 11 is 3.37. The van der Waals surface area contributed by atoms with Gasteiger partial charge in [0.1, 0.15) is 4.47 Å². The third kappa shape index (κ3) is 3.07. The summed E-state index contributed by atoms with van der Waals surface area (Å²) in [4.78, 5) is 12.1. The smallest absolute Gasteiger partial charge is 0.282 e. The zero-order valence-corrected chi connectivity index (χ0v) is 16.0. The Morgan fingerprint density at radius 3 is 2.85 bits per heavy atom. The quantitative estimate of drug-likeness (QED) is 0.816. The first kappa shape index (κ1) is 17.4. The summed E-state index contributed by atoms with van der Waals surface area (Å²) in [6, 6.07) is 6.12. The first-order valence-electron chi connectivity index (χ1n) is 8.53. The van der Waals surface area contributed by atoms with Gasteiger partial charge in [-0.3, -0.25) is 4.79 Å². The van der Waals surface area contributed by atoms with Crippen LogP contribution in [0.2, 0.25) is 0 Å². The molecule has 138 valence electrons. The molecule has 0 atom stereocenters. The Bertz CT molecular complexity index is 877. The Balaban J connectivity index is 1.63. The molecule has 1 fully saturated rings. The maximum absolute atomic E-state index is 12.1. The highest BCUT2D eigenvalue weighted by atomic mass is 79.9. The molecule has 1 N–H and O–H groups in total. The number of aromatic nitrogens is 2. The van der Waals surface area contributed by atoms with Crippen LogP contribution in [-0.2, 0) is 17.2 Å². The van der Waals surface area contributed by atoms with Gasteiger partial charge in [0.2, 0.25) is 6.79 Å². The van der Waals surface area contributed by atoms with Crippen LogP contribution in [0.4, 0.5) is 5.69 Å². The number of ether oxygens (including phenoxy) is 3. The largest absolute Gasteiger partial charge is 0.454 e. The molecule has 0 unspecified atom stereocenters. The van der Waals surface area contributed by atoms with Crippen LogP contribution in [0.5, 0.6) is 11.5 Å². The minimum Gasteiger partial charge on any atom is -0.454 e. The maximum Gasteiger partial charge on any atom is 0.282 e. The Morgan fingerprint density at radius 2 is 2.04 bits per heavy atom. The van der Waals surface area contributed by atoms with E-state index in [9.17, 15) is 4.79 Å². The van der Waals surface area contributed by atoms with E-state index in [1.807, 2.05) is 6.07 Å². The third-order valence-corrected chi connectivity index (χ3v) is 5.90. The van der Waals surface area contributed by atoms with Gasteiger partial charge in [0.05, 0.1) is 11.9 Å². The Kier molecular flexibility index (Phi) is 4.62. The van der Waals surface area contributed by atoms with Crippen molar-refractivity contribution < 1.29 is 14.2 Å². The highest BCUT2D eigenvalue weighted by Gasteiger charge is 2.35. The SMILES string of the molecule is Cn1ncc(NCC2(c3ccc4c(c3)OCO4)CCOCC2)c(Br)c1=O. The van der Waals surface area contributed by atoms with E-state index < -0.39 is 0 Å². The number of fused-ring (bicyclic) bond motifs is 1. The van der Waals surface area contributed by atoms with Crippen LogP contribution in [-0.4, -0.2) is 36.3 Å². The molecule has 1 aromatic carbocycles. The zero-order valence-electron chi connectivity index (χ0n) is 14.5. The van der Waals surface area contributed by atoms with Crippen molar-refractivity contribution in [1.82, 2.24) is 9.78 Å². The molecule has 2 aliphatic rings. The molecule has 8 heteroatoms. The number of nitrogens with zero attached hydrogens (tertiary/aromatic N) is 2. The van der Waals surface area contributed by atoms with Crippen molar-refractivity contribution in [2.75, 3.05) is 31.9 Å². The maximum atomic E-state index is 12.1. The van der Waals surface area contributed by atoms with Gasteiger partial charge in [-0.2, -0.15) is 5.10 Å². The monoisotopic (exact) mass is 421 g/mol. The van der Waals surface area contributed by atoms with Crippen LogP contribution >= 0.6 is 15.9 Å². The fourth-order valence-electron chi connectivity index (χ4n) is 3.45. The number of aryl methyl sites for hydroxylation is 1. The lowest BCUT2D eigenvalue weighted by atomic mass is 9.74. The van der Waals surface area contributed by atoms with Gasteiger partial charge in [0, 0.05) is 32.2 Å². The summed E-state index contributed by atoms with van der Waals surface area (Å²) < 4.78 is 18.4. The molecule has 1 saturated heterocycles. The van der Waals surface area contributed by atoms with E-state index >= 15 is 0 Å². The van der Waals surface area contributed by atoms with Crippen LogP contribution in [0.25, 0.3) is 0 Å². The molecule has 4 rings (SSSR count). The van der Waals surface area contributed by atoms with Gasteiger partial charge in [-0.05, 0) is 46.5 Å². The van der Waals surface area contributed by atoms with Gasteiger partial charge in [0.15, 0.2) is 11.5 Å². The first-order valence-corrected chi connectivity index (χ1v) is 9.32. The Labute approximate surface area is 159 Å². The molecule has 0 saturated carbocycles. The number of rotatable bonds is 4. The van der Waals surface area contributed by atoms with Crippen molar-refractivity contribution in [2.45, 2.75) is 18.3 Å². The summed E-state index contributed by atoms with van der Waals surface area (Å²) in [7, 11) is 1.63. The Hall–Kier alpha value is -2.06. The van der Waals surface area contributed by atoms with E-state index in [0.29, 0.717) is 29.9 Å². The molecule has 0 spiro atoms. The molecule has 2 aromatic rings. The van der Waals surface area contributed by atoms with Crippen LogP contribution in [0.15, 0.2) is 33.7 Å². The second-order valence-corrected chi connectivity index (χ2v) is 7.41. The molecule has 0 radical (unpaired) electrons. The standard InChI is InChI=1S/C18H20BrN3O4/c1-22-17(23)16(19)13(9-21-22)20-10-18(4-6-24-7-5-18)12-2-3-14-15(8-12)26-11-25-14/h2-3,8-9,20H,4-7,10-11H2,1H3. The highest BCUT2D eigenvalue weighted by Crippen LogP contribution is 2.41. The predicted octanol–water partition coefficient (Wildman–Crippen LogP) is 2.43. The van der Waals surface area contributed by atoms with Crippen molar-refractivity contribution in [1.29, 1.82) is 0 Å². The zero-order chi connectivity index (χ0) is 18.1. The number of hydrogen-bond acceptors (Lipinski definition) is 6. The van der Waals surface area contributed by atoms with Crippen LogP contribution in [0, 0.1) is 0 Å². The molecular formula is C18H20BrN3O4. The highest BCUT2D eigenvalue weighted by molar-refractivity contribution is 9.10. The number of benzene rings is 1. The van der Waals surface area contributed by atoms with Gasteiger partial charge < -0.3 is 19.5 Å². The summed E-state index contributed by atoms with van der Waals surface area (Å²) in [6.07, 6.45) is 3.43. The first-order chi connectivity index (χ1) is 12.6. The fourth-order valence-corrected chi connectivity index (χ4v) is 3.95. The van der Waals surface area contributed by atoms with Crippen molar-refractivity contribution in [3.05, 3.63) is 44.8 Å². The van der Waals surface area contributed by atoms with E-state index in [1.54, 1.807) is 13.2 Å². The van der Waals surface area contributed by atoms with E-state index in [4.69, 9.17) is 14.2 Å². The van der Waals surface area contributed by atoms with E-state index in [0.717, 1.165) is 24.3 Å². The summed E-state index contributed by atoms with van der Waals surface area (Å²) in [5.41, 5.74) is 1.60. The molecule has 0 aliphatic carbocycles. The van der Waals surface area contributed by atoms with Crippen molar-refractivity contribution in [3.8, 4) is 11.5 Å². The fraction of sp³-hybridized carbons (Fsp3) is 0.444. The summed E-state index contributed by atoms with van der Waals surface area (Å²) in [5.74, 6) is 1.56. The van der Waals surface area contributed by atoms with Crippen LogP contribution in [0.3, 0.4) is 0 Å². The lowest BCUT2D eigenvalue weighted by Gasteiger charge is -2.38. The normalized spacial score (nSPS) is 17.9. The third-order valence-electron chi connectivity index (χ3n) is 5.13. The van der Waals surface area contributed by atoms with E-state index in [2.05, 4.69) is 38.5 Å². The molecule has 2 aliphatic heterocycles. The number of anilines is 1. The molecule has 3 heterocycles.